The van der Waals surface area contributed by atoms with Crippen LogP contribution in [-0.4, -0.2) is 34.5 Å². The molecule has 1 aromatic carbocycles. The Morgan fingerprint density at radius 2 is 1.50 bits per heavy atom. The Morgan fingerprint density at radius 1 is 0.962 bits per heavy atom. The largest absolute Gasteiger partial charge is 0.497 e. The summed E-state index contributed by atoms with van der Waals surface area (Å²) in [6.45, 7) is 0. The number of ether oxygens (including phenoxy) is 1. The number of benzene rings is 1. The fourth-order valence-electron chi connectivity index (χ4n) is 2.20. The number of anilines is 1. The predicted molar refractivity (Wildman–Crippen MR) is 113 cm³/mol. The van der Waals surface area contributed by atoms with E-state index in [1.54, 1.807) is 7.11 Å². The Labute approximate surface area is 161 Å². The fraction of sp³-hybridized carbons (Fsp3) is 0.267. The van der Waals surface area contributed by atoms with Gasteiger partial charge in [0.2, 0.25) is 0 Å². The number of hydrogen-bond acceptors (Lipinski definition) is 7. The molecular weight excluding hydrogens is 372 g/mol. The van der Waals surface area contributed by atoms with E-state index in [2.05, 4.69) is 31.6 Å². The van der Waals surface area contributed by atoms with Crippen LogP contribution in [0.25, 0.3) is 0 Å². The van der Waals surface area contributed by atoms with Gasteiger partial charge in [-0.1, -0.05) is 0 Å². The van der Waals surface area contributed by atoms with E-state index in [0.717, 1.165) is 17.9 Å². The molecule has 1 aromatic rings. The maximum Gasteiger partial charge on any atom is 0.184 e. The maximum atomic E-state index is 5.45. The van der Waals surface area contributed by atoms with Gasteiger partial charge < -0.3 is 16.2 Å². The number of thiocarbonyl (C=S) groups is 2. The summed E-state index contributed by atoms with van der Waals surface area (Å²) in [6.07, 6.45) is 2.24. The third-order valence-electron chi connectivity index (χ3n) is 3.36. The second-order valence-corrected chi connectivity index (χ2v) is 6.10. The minimum Gasteiger partial charge on any atom is -0.497 e. The summed E-state index contributed by atoms with van der Waals surface area (Å²) in [6, 6.07) is 7.35. The van der Waals surface area contributed by atoms with E-state index < -0.39 is 0 Å². The van der Waals surface area contributed by atoms with Crippen LogP contribution in [0.3, 0.4) is 0 Å². The van der Waals surface area contributed by atoms with E-state index in [9.17, 15) is 0 Å². The highest BCUT2D eigenvalue weighted by Crippen LogP contribution is 2.16. The number of rotatable bonds is 5. The van der Waals surface area contributed by atoms with Crippen molar-refractivity contribution in [3.63, 3.8) is 0 Å². The summed E-state index contributed by atoms with van der Waals surface area (Å²) in [5.74, 6) is 0.756. The monoisotopic (exact) mass is 392 g/mol. The average Bonchev–Trinajstić information content (AvgIpc) is 2.63. The van der Waals surface area contributed by atoms with Crippen LogP contribution in [0, 0.1) is 0 Å². The number of hydrazone groups is 3. The van der Waals surface area contributed by atoms with E-state index >= 15 is 0 Å². The van der Waals surface area contributed by atoms with Crippen molar-refractivity contribution in [3.8, 4) is 5.75 Å². The number of nitrogens with two attached hydrogens (primary N) is 2. The summed E-state index contributed by atoms with van der Waals surface area (Å²) in [4.78, 5) is 0. The SMILES string of the molecule is COc1ccc(NN=C2C(=NNC(N)=S)CCCC2=NNC(N)=S)cc1. The van der Waals surface area contributed by atoms with Gasteiger partial charge in [0.05, 0.1) is 24.2 Å². The Hall–Kier alpha value is -2.79. The van der Waals surface area contributed by atoms with Gasteiger partial charge in [-0.05, 0) is 68.0 Å². The van der Waals surface area contributed by atoms with Crippen molar-refractivity contribution in [1.82, 2.24) is 10.9 Å². The second kappa shape index (κ2) is 9.63. The molecule has 0 unspecified atom stereocenters. The first kappa shape index (κ1) is 19.5. The van der Waals surface area contributed by atoms with Gasteiger partial charge in [0, 0.05) is 0 Å². The third kappa shape index (κ3) is 5.93. The van der Waals surface area contributed by atoms with Crippen molar-refractivity contribution in [2.75, 3.05) is 12.5 Å². The number of nitrogens with zero attached hydrogens (tertiary/aromatic N) is 3. The Morgan fingerprint density at radius 3 is 1.96 bits per heavy atom. The molecule has 1 aliphatic rings. The lowest BCUT2D eigenvalue weighted by Crippen LogP contribution is -2.36. The standard InChI is InChI=1S/C15H20N8OS2/c1-24-10-7-5-9(6-8-10)18-21-13-11(19-22-14(16)25)3-2-4-12(13)20-23-15(17)26/h5-8,18H,2-4H2,1H3,(H3,16,22,25)(H3,17,23,26). The van der Waals surface area contributed by atoms with Gasteiger partial charge >= 0.3 is 0 Å². The molecule has 0 saturated heterocycles. The first-order chi connectivity index (χ1) is 12.5. The van der Waals surface area contributed by atoms with Crippen LogP contribution in [0.5, 0.6) is 5.75 Å². The molecule has 1 aliphatic carbocycles. The van der Waals surface area contributed by atoms with E-state index in [1.165, 1.54) is 0 Å². The van der Waals surface area contributed by atoms with Crippen LogP contribution in [0.15, 0.2) is 39.6 Å². The first-order valence-corrected chi connectivity index (χ1v) is 8.53. The molecule has 0 amide bonds. The molecule has 0 radical (unpaired) electrons. The van der Waals surface area contributed by atoms with Gasteiger partial charge in [-0.25, -0.2) is 0 Å². The summed E-state index contributed by atoms with van der Waals surface area (Å²) in [5, 5.41) is 13.0. The van der Waals surface area contributed by atoms with Crippen LogP contribution in [0.2, 0.25) is 0 Å². The molecule has 138 valence electrons. The highest BCUT2D eigenvalue weighted by molar-refractivity contribution is 7.80. The molecule has 0 heterocycles. The van der Waals surface area contributed by atoms with Gasteiger partial charge in [-0.3, -0.25) is 16.3 Å². The first-order valence-electron chi connectivity index (χ1n) is 7.72. The number of nitrogens with one attached hydrogen (secondary N) is 3. The zero-order valence-electron chi connectivity index (χ0n) is 14.2. The summed E-state index contributed by atoms with van der Waals surface area (Å²) in [5.41, 5.74) is 21.8. The minimum absolute atomic E-state index is 0.0743. The number of hydrogen-bond donors (Lipinski definition) is 5. The Bertz CT molecular complexity index is 721. The number of methoxy groups -OCH3 is 1. The van der Waals surface area contributed by atoms with Crippen LogP contribution in [0.1, 0.15) is 19.3 Å². The second-order valence-electron chi connectivity index (χ2n) is 5.22. The van der Waals surface area contributed by atoms with E-state index in [0.29, 0.717) is 30.0 Å². The maximum absolute atomic E-state index is 5.45. The van der Waals surface area contributed by atoms with Crippen molar-refractivity contribution in [3.05, 3.63) is 24.3 Å². The van der Waals surface area contributed by atoms with Crippen LogP contribution < -0.4 is 32.5 Å². The smallest absolute Gasteiger partial charge is 0.184 e. The zero-order chi connectivity index (χ0) is 18.9. The molecule has 26 heavy (non-hydrogen) atoms. The zero-order valence-corrected chi connectivity index (χ0v) is 15.8. The minimum atomic E-state index is 0.0743. The molecule has 1 fully saturated rings. The molecule has 2 rings (SSSR count). The van der Waals surface area contributed by atoms with E-state index in [1.807, 2.05) is 24.3 Å². The fourth-order valence-corrected chi connectivity index (χ4v) is 2.30. The lowest BCUT2D eigenvalue weighted by Gasteiger charge is -2.18. The Balaban J connectivity index is 2.28. The summed E-state index contributed by atoms with van der Waals surface area (Å²) >= 11 is 9.60. The van der Waals surface area contributed by atoms with Crippen molar-refractivity contribution >= 4 is 57.5 Å². The molecule has 9 nitrogen and oxygen atoms in total. The van der Waals surface area contributed by atoms with E-state index in [-0.39, 0.29) is 10.2 Å². The lowest BCUT2D eigenvalue weighted by molar-refractivity contribution is 0.415. The van der Waals surface area contributed by atoms with Crippen LogP contribution in [-0.2, 0) is 0 Å². The van der Waals surface area contributed by atoms with Crippen molar-refractivity contribution in [2.45, 2.75) is 19.3 Å². The van der Waals surface area contributed by atoms with E-state index in [4.69, 9.17) is 40.6 Å². The molecule has 7 N–H and O–H groups in total. The molecule has 1 saturated carbocycles. The highest BCUT2D eigenvalue weighted by atomic mass is 32.1. The predicted octanol–water partition coefficient (Wildman–Crippen LogP) is 1.03. The quantitative estimate of drug-likeness (QED) is 0.370. The Kier molecular flexibility index (Phi) is 7.24. The molecular formula is C15H20N8OS2. The molecule has 0 atom stereocenters. The summed E-state index contributed by atoms with van der Waals surface area (Å²) < 4.78 is 5.14. The van der Waals surface area contributed by atoms with Gasteiger partial charge in [0.1, 0.15) is 11.5 Å². The summed E-state index contributed by atoms with van der Waals surface area (Å²) in [7, 11) is 1.61. The molecule has 0 spiro atoms. The van der Waals surface area contributed by atoms with Crippen molar-refractivity contribution in [1.29, 1.82) is 0 Å². The average molecular weight is 393 g/mol. The van der Waals surface area contributed by atoms with Gasteiger partial charge in [-0.2, -0.15) is 15.3 Å². The van der Waals surface area contributed by atoms with Gasteiger partial charge in [-0.15, -0.1) is 0 Å². The molecule has 0 aromatic heterocycles. The molecule has 11 heteroatoms. The third-order valence-corrected chi connectivity index (χ3v) is 3.55. The molecule has 0 bridgehead atoms. The van der Waals surface area contributed by atoms with Crippen molar-refractivity contribution < 1.29 is 4.74 Å². The van der Waals surface area contributed by atoms with Gasteiger partial charge in [0.25, 0.3) is 0 Å². The lowest BCUT2D eigenvalue weighted by atomic mass is 9.94. The normalized spacial score (nSPS) is 16.9. The topological polar surface area (TPSA) is 134 Å². The van der Waals surface area contributed by atoms with Crippen LogP contribution in [0.4, 0.5) is 5.69 Å². The van der Waals surface area contributed by atoms with Gasteiger partial charge in [0.15, 0.2) is 10.2 Å². The van der Waals surface area contributed by atoms with Crippen molar-refractivity contribution in [2.24, 2.45) is 26.8 Å². The van der Waals surface area contributed by atoms with Crippen LogP contribution >= 0.6 is 24.4 Å². The molecule has 0 aliphatic heterocycles. The highest BCUT2D eigenvalue weighted by Gasteiger charge is 2.22.